The SMILES string of the molecule is CCn1ncnc1CN1CCOC(C(N)=NO)C1. The Kier molecular flexibility index (Phi) is 4.11. The second kappa shape index (κ2) is 5.78. The molecule has 1 atom stereocenters. The van der Waals surface area contributed by atoms with Crippen molar-refractivity contribution < 1.29 is 9.94 Å². The molecule has 1 aromatic rings. The summed E-state index contributed by atoms with van der Waals surface area (Å²) in [5, 5.41) is 15.8. The van der Waals surface area contributed by atoms with Crippen molar-refractivity contribution in [3.63, 3.8) is 0 Å². The van der Waals surface area contributed by atoms with Gasteiger partial charge in [-0.3, -0.25) is 4.90 Å². The van der Waals surface area contributed by atoms with Crippen molar-refractivity contribution in [2.75, 3.05) is 19.7 Å². The third kappa shape index (κ3) is 2.77. The fourth-order valence-electron chi connectivity index (χ4n) is 1.96. The zero-order chi connectivity index (χ0) is 13.0. The number of nitrogens with two attached hydrogens (primary N) is 1. The average molecular weight is 254 g/mol. The summed E-state index contributed by atoms with van der Waals surface area (Å²) in [5.41, 5.74) is 5.55. The minimum absolute atomic E-state index is 0.108. The van der Waals surface area contributed by atoms with Crippen LogP contribution in [0.4, 0.5) is 0 Å². The topological polar surface area (TPSA) is 102 Å². The van der Waals surface area contributed by atoms with Crippen molar-refractivity contribution in [1.29, 1.82) is 0 Å². The molecular weight excluding hydrogens is 236 g/mol. The van der Waals surface area contributed by atoms with Gasteiger partial charge in [0, 0.05) is 19.6 Å². The summed E-state index contributed by atoms with van der Waals surface area (Å²) in [4.78, 5) is 6.38. The molecule has 2 rings (SSSR count). The lowest BCUT2D eigenvalue weighted by Crippen LogP contribution is -2.48. The van der Waals surface area contributed by atoms with Gasteiger partial charge in [-0.25, -0.2) is 9.67 Å². The van der Waals surface area contributed by atoms with E-state index < -0.39 is 0 Å². The molecule has 0 bridgehead atoms. The summed E-state index contributed by atoms with van der Waals surface area (Å²) >= 11 is 0. The Bertz CT molecular complexity index is 418. The zero-order valence-corrected chi connectivity index (χ0v) is 10.4. The molecule has 0 spiro atoms. The van der Waals surface area contributed by atoms with Crippen LogP contribution in [0.25, 0.3) is 0 Å². The number of morpholine rings is 1. The predicted octanol–water partition coefficient (Wildman–Crippen LogP) is -0.755. The van der Waals surface area contributed by atoms with Gasteiger partial charge < -0.3 is 15.7 Å². The van der Waals surface area contributed by atoms with Crippen LogP contribution in [0.2, 0.25) is 0 Å². The Labute approximate surface area is 105 Å². The molecule has 18 heavy (non-hydrogen) atoms. The number of rotatable bonds is 4. The van der Waals surface area contributed by atoms with Crippen molar-refractivity contribution in [2.24, 2.45) is 10.9 Å². The molecule has 0 aliphatic carbocycles. The lowest BCUT2D eigenvalue weighted by atomic mass is 10.2. The van der Waals surface area contributed by atoms with Crippen molar-refractivity contribution in [2.45, 2.75) is 26.1 Å². The molecule has 0 aromatic carbocycles. The van der Waals surface area contributed by atoms with E-state index in [1.54, 1.807) is 6.33 Å². The van der Waals surface area contributed by atoms with Gasteiger partial charge in [-0.05, 0) is 6.92 Å². The largest absolute Gasteiger partial charge is 0.409 e. The third-order valence-corrected chi connectivity index (χ3v) is 2.96. The molecule has 8 nitrogen and oxygen atoms in total. The lowest BCUT2D eigenvalue weighted by molar-refractivity contribution is 0.0000420. The maximum atomic E-state index is 8.65. The molecule has 0 radical (unpaired) electrons. The van der Waals surface area contributed by atoms with Crippen molar-refractivity contribution in [3.05, 3.63) is 12.2 Å². The standard InChI is InChI=1S/C10H18N6O2/c1-2-16-9(12-7-13-16)6-15-3-4-18-8(5-15)10(11)14-17/h7-8,17H,2-6H2,1H3,(H2,11,14). The maximum absolute atomic E-state index is 8.65. The van der Waals surface area contributed by atoms with Gasteiger partial charge in [0.1, 0.15) is 18.3 Å². The van der Waals surface area contributed by atoms with E-state index in [4.69, 9.17) is 15.7 Å². The molecule has 1 fully saturated rings. The van der Waals surface area contributed by atoms with Crippen LogP contribution in [-0.2, 0) is 17.8 Å². The van der Waals surface area contributed by atoms with E-state index >= 15 is 0 Å². The Hall–Kier alpha value is -1.67. The summed E-state index contributed by atoms with van der Waals surface area (Å²) in [6.45, 7) is 5.45. The van der Waals surface area contributed by atoms with E-state index in [-0.39, 0.29) is 11.9 Å². The van der Waals surface area contributed by atoms with E-state index in [1.165, 1.54) is 0 Å². The maximum Gasteiger partial charge on any atom is 0.169 e. The van der Waals surface area contributed by atoms with E-state index in [0.29, 0.717) is 19.7 Å². The van der Waals surface area contributed by atoms with Gasteiger partial charge in [0.15, 0.2) is 5.84 Å². The number of aryl methyl sites for hydroxylation is 1. The van der Waals surface area contributed by atoms with E-state index in [1.807, 2.05) is 11.6 Å². The van der Waals surface area contributed by atoms with Crippen molar-refractivity contribution in [3.8, 4) is 0 Å². The minimum atomic E-state index is -0.359. The first-order chi connectivity index (χ1) is 8.74. The van der Waals surface area contributed by atoms with Crippen LogP contribution in [0.3, 0.4) is 0 Å². The van der Waals surface area contributed by atoms with E-state index in [2.05, 4.69) is 20.1 Å². The molecule has 1 aliphatic heterocycles. The van der Waals surface area contributed by atoms with Crippen molar-refractivity contribution >= 4 is 5.84 Å². The fraction of sp³-hybridized carbons (Fsp3) is 0.700. The smallest absolute Gasteiger partial charge is 0.169 e. The van der Waals surface area contributed by atoms with Gasteiger partial charge in [-0.15, -0.1) is 0 Å². The summed E-state index contributed by atoms with van der Waals surface area (Å²) < 4.78 is 7.29. The fourth-order valence-corrected chi connectivity index (χ4v) is 1.96. The summed E-state index contributed by atoms with van der Waals surface area (Å²) in [5.74, 6) is 1.02. The van der Waals surface area contributed by atoms with Crippen LogP contribution in [-0.4, -0.2) is 56.5 Å². The normalized spacial score (nSPS) is 22.3. The number of oxime groups is 1. The van der Waals surface area contributed by atoms with Gasteiger partial charge in [-0.1, -0.05) is 5.16 Å². The van der Waals surface area contributed by atoms with E-state index in [0.717, 1.165) is 18.9 Å². The number of hydrogen-bond donors (Lipinski definition) is 2. The number of nitrogens with zero attached hydrogens (tertiary/aromatic N) is 5. The first-order valence-corrected chi connectivity index (χ1v) is 5.92. The molecular formula is C10H18N6O2. The van der Waals surface area contributed by atoms with Crippen molar-refractivity contribution in [1.82, 2.24) is 19.7 Å². The second-order valence-electron chi connectivity index (χ2n) is 4.11. The zero-order valence-electron chi connectivity index (χ0n) is 10.4. The lowest BCUT2D eigenvalue weighted by Gasteiger charge is -2.31. The average Bonchev–Trinajstić information content (AvgIpc) is 2.85. The Morgan fingerprint density at radius 1 is 1.72 bits per heavy atom. The quantitative estimate of drug-likeness (QED) is 0.317. The van der Waals surface area contributed by atoms with Crippen LogP contribution < -0.4 is 5.73 Å². The Balaban J connectivity index is 1.97. The molecule has 1 aliphatic rings. The number of hydrogen-bond acceptors (Lipinski definition) is 6. The van der Waals surface area contributed by atoms with Crippen LogP contribution >= 0.6 is 0 Å². The molecule has 2 heterocycles. The highest BCUT2D eigenvalue weighted by molar-refractivity contribution is 5.84. The first-order valence-electron chi connectivity index (χ1n) is 5.92. The molecule has 100 valence electrons. The molecule has 1 unspecified atom stereocenters. The Morgan fingerprint density at radius 3 is 3.28 bits per heavy atom. The predicted molar refractivity (Wildman–Crippen MR) is 64.1 cm³/mol. The second-order valence-corrected chi connectivity index (χ2v) is 4.11. The van der Waals surface area contributed by atoms with E-state index in [9.17, 15) is 0 Å². The first kappa shape index (κ1) is 12.8. The van der Waals surface area contributed by atoms with Gasteiger partial charge in [0.05, 0.1) is 13.2 Å². The van der Waals surface area contributed by atoms with Crippen LogP contribution in [0, 0.1) is 0 Å². The highest BCUT2D eigenvalue weighted by Crippen LogP contribution is 2.09. The summed E-state index contributed by atoms with van der Waals surface area (Å²) in [6.07, 6.45) is 1.20. The van der Waals surface area contributed by atoms with Crippen LogP contribution in [0.5, 0.6) is 0 Å². The monoisotopic (exact) mass is 254 g/mol. The van der Waals surface area contributed by atoms with Crippen LogP contribution in [0.15, 0.2) is 11.5 Å². The minimum Gasteiger partial charge on any atom is -0.409 e. The van der Waals surface area contributed by atoms with Gasteiger partial charge in [-0.2, -0.15) is 5.10 Å². The summed E-state index contributed by atoms with van der Waals surface area (Å²) in [6, 6.07) is 0. The third-order valence-electron chi connectivity index (χ3n) is 2.96. The summed E-state index contributed by atoms with van der Waals surface area (Å²) in [7, 11) is 0. The molecule has 0 saturated carbocycles. The Morgan fingerprint density at radius 2 is 2.56 bits per heavy atom. The molecule has 0 amide bonds. The van der Waals surface area contributed by atoms with Gasteiger partial charge in [0.25, 0.3) is 0 Å². The number of aromatic nitrogens is 3. The number of amidine groups is 1. The highest BCUT2D eigenvalue weighted by Gasteiger charge is 2.24. The van der Waals surface area contributed by atoms with Gasteiger partial charge in [0.2, 0.25) is 0 Å². The molecule has 1 saturated heterocycles. The van der Waals surface area contributed by atoms with Gasteiger partial charge >= 0.3 is 0 Å². The molecule has 1 aromatic heterocycles. The molecule has 3 N–H and O–H groups in total. The highest BCUT2D eigenvalue weighted by atomic mass is 16.5. The number of ether oxygens (including phenoxy) is 1. The molecule has 8 heteroatoms. The van der Waals surface area contributed by atoms with Crippen LogP contribution in [0.1, 0.15) is 12.7 Å².